The van der Waals surface area contributed by atoms with Crippen LogP contribution >= 0.6 is 0 Å². The summed E-state index contributed by atoms with van der Waals surface area (Å²) in [6.07, 6.45) is 3.40. The molecule has 1 saturated heterocycles. The second-order valence-electron chi connectivity index (χ2n) is 9.27. The monoisotopic (exact) mass is 381 g/mol. The Morgan fingerprint density at radius 3 is 2.29 bits per heavy atom. The normalized spacial score (nSPS) is 21.5. The molecule has 2 N–H and O–H groups in total. The van der Waals surface area contributed by atoms with Crippen molar-refractivity contribution in [2.75, 3.05) is 32.1 Å². The molecule has 0 amide bonds. The van der Waals surface area contributed by atoms with Crippen molar-refractivity contribution < 1.29 is 10.1 Å². The van der Waals surface area contributed by atoms with Crippen LogP contribution in [0.5, 0.6) is 0 Å². The lowest BCUT2D eigenvalue weighted by Crippen LogP contribution is -2.83. The molecule has 1 aliphatic rings. The van der Waals surface area contributed by atoms with Crippen molar-refractivity contribution in [1.82, 2.24) is 0 Å². The fourth-order valence-corrected chi connectivity index (χ4v) is 4.57. The first-order valence-corrected chi connectivity index (χ1v) is 10.6. The molecular formula is C25H37N2O+. The Bertz CT molecular complexity index is 749. The first kappa shape index (κ1) is 20.9. The van der Waals surface area contributed by atoms with E-state index < -0.39 is 0 Å². The number of ether oxygens (including phenoxy) is 1. The number of hydrogen-bond donors (Lipinski definition) is 1. The third-order valence-corrected chi connectivity index (χ3v) is 6.16. The first-order chi connectivity index (χ1) is 13.3. The molecule has 1 fully saturated rings. The van der Waals surface area contributed by atoms with Crippen molar-refractivity contribution >= 4 is 5.69 Å². The average molecular weight is 382 g/mol. The molecule has 152 valence electrons. The molecule has 0 unspecified atom stereocenters. The largest absolute Gasteiger partial charge is 0.378 e. The summed E-state index contributed by atoms with van der Waals surface area (Å²) in [7, 11) is 4.17. The van der Waals surface area contributed by atoms with Crippen LogP contribution in [0.15, 0.2) is 48.5 Å². The average Bonchev–Trinajstić information content (AvgIpc) is 2.65. The third kappa shape index (κ3) is 5.15. The van der Waals surface area contributed by atoms with Crippen LogP contribution < -0.4 is 10.2 Å². The zero-order chi connectivity index (χ0) is 20.2. The van der Waals surface area contributed by atoms with Gasteiger partial charge in [-0.25, -0.2) is 0 Å². The lowest BCUT2D eigenvalue weighted by atomic mass is 9.67. The predicted octanol–water partition coefficient (Wildman–Crippen LogP) is 4.04. The highest BCUT2D eigenvalue weighted by molar-refractivity contribution is 5.45. The molecule has 0 radical (unpaired) electrons. The van der Waals surface area contributed by atoms with Gasteiger partial charge in [0, 0.05) is 43.8 Å². The summed E-state index contributed by atoms with van der Waals surface area (Å²) in [5, 5.41) is 2.46. The Morgan fingerprint density at radius 1 is 1.00 bits per heavy atom. The molecule has 3 rings (SSSR count). The van der Waals surface area contributed by atoms with E-state index >= 15 is 0 Å². The van der Waals surface area contributed by atoms with Crippen LogP contribution in [0.1, 0.15) is 49.8 Å². The van der Waals surface area contributed by atoms with Crippen LogP contribution in [-0.2, 0) is 16.7 Å². The van der Waals surface area contributed by atoms with Crippen LogP contribution in [0.2, 0.25) is 0 Å². The van der Waals surface area contributed by atoms with Crippen LogP contribution in [0, 0.1) is 6.92 Å². The Hall–Kier alpha value is -1.84. The fraction of sp³-hybridized carbons (Fsp3) is 0.520. The van der Waals surface area contributed by atoms with E-state index in [1.807, 2.05) is 0 Å². The molecule has 0 bridgehead atoms. The molecule has 2 aromatic carbocycles. The number of anilines is 1. The maximum Gasteiger partial charge on any atom is 0.101 e. The number of hydrogen-bond acceptors (Lipinski definition) is 2. The maximum absolute atomic E-state index is 6.06. The summed E-state index contributed by atoms with van der Waals surface area (Å²) >= 11 is 0. The van der Waals surface area contributed by atoms with Crippen molar-refractivity contribution in [3.05, 3.63) is 65.2 Å². The molecule has 1 aliphatic heterocycles. The van der Waals surface area contributed by atoms with E-state index in [4.69, 9.17) is 4.74 Å². The van der Waals surface area contributed by atoms with Gasteiger partial charge in [-0.1, -0.05) is 42.0 Å². The van der Waals surface area contributed by atoms with E-state index in [-0.39, 0.29) is 11.0 Å². The summed E-state index contributed by atoms with van der Waals surface area (Å²) in [5.74, 6) is 0. The lowest BCUT2D eigenvalue weighted by Gasteiger charge is -2.45. The highest BCUT2D eigenvalue weighted by atomic mass is 16.5. The van der Waals surface area contributed by atoms with Gasteiger partial charge in [0.05, 0.1) is 12.1 Å². The van der Waals surface area contributed by atoms with Gasteiger partial charge >= 0.3 is 0 Å². The summed E-state index contributed by atoms with van der Waals surface area (Å²) in [5.41, 5.74) is 5.64. The standard InChI is InChI=1S/C25H36N2O/c1-20-6-10-22(11-7-20)25(15-17-28-24(2,3)19-25)14-16-26-18-21-8-12-23(13-9-21)27(4)5/h6-13,26H,14-19H2,1-5H3/p+1/t25-/m0/s1. The Labute approximate surface area is 171 Å². The topological polar surface area (TPSA) is 29.1 Å². The zero-order valence-corrected chi connectivity index (χ0v) is 18.3. The van der Waals surface area contributed by atoms with Gasteiger partial charge in [-0.15, -0.1) is 0 Å². The molecule has 1 atom stereocenters. The van der Waals surface area contributed by atoms with Crippen molar-refractivity contribution in [2.45, 2.75) is 57.6 Å². The van der Waals surface area contributed by atoms with Crippen LogP contribution in [0.3, 0.4) is 0 Å². The van der Waals surface area contributed by atoms with E-state index in [0.717, 1.165) is 32.5 Å². The van der Waals surface area contributed by atoms with Crippen molar-refractivity contribution in [3.8, 4) is 0 Å². The summed E-state index contributed by atoms with van der Waals surface area (Å²) in [6.45, 7) is 9.68. The van der Waals surface area contributed by atoms with Crippen molar-refractivity contribution in [2.24, 2.45) is 0 Å². The van der Waals surface area contributed by atoms with Gasteiger partial charge in [0.25, 0.3) is 0 Å². The Morgan fingerprint density at radius 2 is 1.68 bits per heavy atom. The van der Waals surface area contributed by atoms with E-state index in [1.165, 1.54) is 28.8 Å². The molecule has 0 aromatic heterocycles. The lowest BCUT2D eigenvalue weighted by molar-refractivity contribution is -0.672. The molecule has 1 heterocycles. The Balaban J connectivity index is 1.64. The molecule has 2 aromatic rings. The van der Waals surface area contributed by atoms with E-state index in [0.29, 0.717) is 0 Å². The molecule has 3 nitrogen and oxygen atoms in total. The van der Waals surface area contributed by atoms with Gasteiger partial charge in [-0.3, -0.25) is 0 Å². The maximum atomic E-state index is 6.06. The number of nitrogens with zero attached hydrogens (tertiary/aromatic N) is 1. The second-order valence-corrected chi connectivity index (χ2v) is 9.27. The SMILES string of the molecule is Cc1ccc([C@@]2(CC[NH2+]Cc3ccc(N(C)C)cc3)CCOC(C)(C)C2)cc1. The summed E-state index contributed by atoms with van der Waals surface area (Å²) < 4.78 is 6.06. The van der Waals surface area contributed by atoms with Gasteiger partial charge < -0.3 is 15.0 Å². The minimum Gasteiger partial charge on any atom is -0.378 e. The quantitative estimate of drug-likeness (QED) is 0.734. The third-order valence-electron chi connectivity index (χ3n) is 6.16. The fourth-order valence-electron chi connectivity index (χ4n) is 4.57. The van der Waals surface area contributed by atoms with E-state index in [9.17, 15) is 0 Å². The number of aryl methyl sites for hydroxylation is 1. The zero-order valence-electron chi connectivity index (χ0n) is 18.3. The smallest absolute Gasteiger partial charge is 0.101 e. The molecule has 0 aliphatic carbocycles. The number of quaternary nitrogens is 1. The van der Waals surface area contributed by atoms with Crippen LogP contribution in [0.4, 0.5) is 5.69 Å². The van der Waals surface area contributed by atoms with E-state index in [2.05, 4.69) is 93.6 Å². The molecule has 28 heavy (non-hydrogen) atoms. The minimum absolute atomic E-state index is 0.0505. The summed E-state index contributed by atoms with van der Waals surface area (Å²) in [6, 6.07) is 18.1. The molecule has 3 heteroatoms. The minimum atomic E-state index is -0.0505. The van der Waals surface area contributed by atoms with E-state index in [1.54, 1.807) is 0 Å². The van der Waals surface area contributed by atoms with Gasteiger partial charge in [0.1, 0.15) is 6.54 Å². The van der Waals surface area contributed by atoms with Gasteiger partial charge in [-0.2, -0.15) is 0 Å². The predicted molar refractivity (Wildman–Crippen MR) is 118 cm³/mol. The highest BCUT2D eigenvalue weighted by Gasteiger charge is 2.42. The Kier molecular flexibility index (Phi) is 6.47. The van der Waals surface area contributed by atoms with Crippen molar-refractivity contribution in [3.63, 3.8) is 0 Å². The number of rotatable bonds is 7. The van der Waals surface area contributed by atoms with Gasteiger partial charge in [0.2, 0.25) is 0 Å². The molecule has 0 saturated carbocycles. The van der Waals surface area contributed by atoms with Crippen LogP contribution in [-0.4, -0.2) is 32.8 Å². The molecular weight excluding hydrogens is 344 g/mol. The number of nitrogens with two attached hydrogens (primary N) is 1. The summed E-state index contributed by atoms with van der Waals surface area (Å²) in [4.78, 5) is 2.14. The highest BCUT2D eigenvalue weighted by Crippen LogP contribution is 2.43. The first-order valence-electron chi connectivity index (χ1n) is 10.6. The second kappa shape index (κ2) is 8.67. The van der Waals surface area contributed by atoms with Crippen LogP contribution in [0.25, 0.3) is 0 Å². The van der Waals surface area contributed by atoms with Gasteiger partial charge in [0.15, 0.2) is 0 Å². The number of benzene rings is 2. The molecule has 0 spiro atoms. The van der Waals surface area contributed by atoms with Crippen molar-refractivity contribution in [1.29, 1.82) is 0 Å². The van der Waals surface area contributed by atoms with Gasteiger partial charge in [-0.05, 0) is 51.3 Å².